The van der Waals surface area contributed by atoms with E-state index in [4.69, 9.17) is 16.6 Å². The monoisotopic (exact) mass is 515 g/mol. The molecule has 0 saturated carbocycles. The maximum absolute atomic E-state index is 13.9. The first-order valence-electron chi connectivity index (χ1n) is 11.5. The lowest BCUT2D eigenvalue weighted by Gasteiger charge is -2.19. The van der Waals surface area contributed by atoms with Crippen molar-refractivity contribution in [2.45, 2.75) is 20.4 Å². The molecule has 0 atom stereocenters. The zero-order valence-electron chi connectivity index (χ0n) is 20.9. The lowest BCUT2D eigenvalue weighted by molar-refractivity contribution is 0.469. The maximum Gasteiger partial charge on any atom is 0.282 e. The number of aromatic hydroxyl groups is 1. The van der Waals surface area contributed by atoms with Crippen molar-refractivity contribution in [3.63, 3.8) is 0 Å². The van der Waals surface area contributed by atoms with Gasteiger partial charge in [-0.2, -0.15) is 0 Å². The van der Waals surface area contributed by atoms with Crippen molar-refractivity contribution in [1.82, 2.24) is 19.5 Å². The van der Waals surface area contributed by atoms with Gasteiger partial charge in [0.25, 0.3) is 5.56 Å². The van der Waals surface area contributed by atoms with Crippen LogP contribution in [-0.4, -0.2) is 43.1 Å². The summed E-state index contributed by atoms with van der Waals surface area (Å²) in [6.07, 6.45) is 1.20. The first kappa shape index (κ1) is 25.9. The van der Waals surface area contributed by atoms with E-state index in [0.717, 1.165) is 17.7 Å². The van der Waals surface area contributed by atoms with Gasteiger partial charge in [-0.25, -0.2) is 19.3 Å². The van der Waals surface area contributed by atoms with Gasteiger partial charge < -0.3 is 26.9 Å². The SMILES string of the molecule is CNc1c(C(C)=N)nc(CNc2ncnc(N)c2C(=N)c2cc(O)cc(F)c2)n(-c2ccccc2C)c1=O. The summed E-state index contributed by atoms with van der Waals surface area (Å²) in [5.41, 5.74) is 7.55. The Hall–Kier alpha value is -5.13. The Bertz CT molecular complexity index is 1610. The van der Waals surface area contributed by atoms with Crippen LogP contribution in [0, 0.1) is 23.6 Å². The van der Waals surface area contributed by atoms with E-state index in [1.165, 1.54) is 23.9 Å². The number of benzene rings is 2. The predicted molar refractivity (Wildman–Crippen MR) is 144 cm³/mol. The summed E-state index contributed by atoms with van der Waals surface area (Å²) in [6, 6.07) is 10.6. The van der Waals surface area contributed by atoms with Crippen LogP contribution in [0.4, 0.5) is 21.7 Å². The van der Waals surface area contributed by atoms with Gasteiger partial charge in [0.2, 0.25) is 0 Å². The van der Waals surface area contributed by atoms with Crippen molar-refractivity contribution in [2.24, 2.45) is 0 Å². The van der Waals surface area contributed by atoms with Crippen LogP contribution in [0.5, 0.6) is 5.75 Å². The van der Waals surface area contributed by atoms with E-state index in [2.05, 4.69) is 25.6 Å². The molecule has 2 aromatic carbocycles. The average molecular weight is 516 g/mol. The fourth-order valence-electron chi connectivity index (χ4n) is 4.05. The minimum absolute atomic E-state index is 0.0398. The van der Waals surface area contributed by atoms with Crippen molar-refractivity contribution < 1.29 is 9.50 Å². The van der Waals surface area contributed by atoms with E-state index in [1.807, 2.05) is 19.1 Å². The van der Waals surface area contributed by atoms with Gasteiger partial charge >= 0.3 is 0 Å². The topological polar surface area (TPSA) is 179 Å². The standard InChI is InChI=1S/C26H26FN9O2/c1-13-6-4-5-7-18(13)36-19(35-22(14(2)28)23(31-3)26(36)38)11-32-25-20(24(30)33-12-34-25)21(29)15-8-16(27)10-17(37)9-15/h4-10,12,28-29,31,37H,11H2,1-3H3,(H3,30,32,33,34). The van der Waals surface area contributed by atoms with Crippen molar-refractivity contribution in [1.29, 1.82) is 10.8 Å². The number of hydrogen-bond acceptors (Lipinski definition) is 10. The van der Waals surface area contributed by atoms with Crippen LogP contribution in [0.3, 0.4) is 0 Å². The smallest absolute Gasteiger partial charge is 0.282 e. The molecule has 12 heteroatoms. The normalized spacial score (nSPS) is 10.7. The molecule has 38 heavy (non-hydrogen) atoms. The third-order valence-electron chi connectivity index (χ3n) is 5.83. The fourth-order valence-corrected chi connectivity index (χ4v) is 4.05. The number of phenols is 1. The summed E-state index contributed by atoms with van der Waals surface area (Å²) >= 11 is 0. The average Bonchev–Trinajstić information content (AvgIpc) is 2.86. The molecule has 0 unspecified atom stereocenters. The molecule has 0 radical (unpaired) electrons. The van der Waals surface area contributed by atoms with E-state index in [-0.39, 0.29) is 69.2 Å². The van der Waals surface area contributed by atoms with Crippen LogP contribution in [-0.2, 0) is 6.54 Å². The van der Waals surface area contributed by atoms with Gasteiger partial charge in [-0.15, -0.1) is 0 Å². The highest BCUT2D eigenvalue weighted by Gasteiger charge is 2.21. The highest BCUT2D eigenvalue weighted by molar-refractivity contribution is 6.16. The first-order valence-corrected chi connectivity index (χ1v) is 11.5. The van der Waals surface area contributed by atoms with Crippen LogP contribution in [0.15, 0.2) is 53.6 Å². The summed E-state index contributed by atoms with van der Waals surface area (Å²) in [6.45, 7) is 3.36. The summed E-state index contributed by atoms with van der Waals surface area (Å²) in [7, 11) is 1.59. The molecule has 7 N–H and O–H groups in total. The predicted octanol–water partition coefficient (Wildman–Crippen LogP) is 3.22. The van der Waals surface area contributed by atoms with E-state index in [0.29, 0.717) is 5.69 Å². The summed E-state index contributed by atoms with van der Waals surface area (Å²) < 4.78 is 15.4. The number of para-hydroxylation sites is 1. The fraction of sp³-hybridized carbons (Fsp3) is 0.154. The molecule has 0 amide bonds. The molecular formula is C26H26FN9O2. The summed E-state index contributed by atoms with van der Waals surface area (Å²) in [5, 5.41) is 32.5. The number of nitrogen functional groups attached to an aromatic ring is 1. The molecule has 4 rings (SSSR count). The van der Waals surface area contributed by atoms with Gasteiger partial charge in [-0.1, -0.05) is 18.2 Å². The number of hydrogen-bond donors (Lipinski definition) is 6. The molecular weight excluding hydrogens is 489 g/mol. The van der Waals surface area contributed by atoms with Gasteiger partial charge in [0.1, 0.15) is 46.7 Å². The Kier molecular flexibility index (Phi) is 7.15. The molecule has 4 aromatic rings. The van der Waals surface area contributed by atoms with Gasteiger partial charge in [0, 0.05) is 18.7 Å². The van der Waals surface area contributed by atoms with E-state index in [9.17, 15) is 14.3 Å². The van der Waals surface area contributed by atoms with E-state index >= 15 is 0 Å². The number of aryl methyl sites for hydroxylation is 1. The second-order valence-corrected chi connectivity index (χ2v) is 8.46. The summed E-state index contributed by atoms with van der Waals surface area (Å²) in [5.74, 6) is -0.687. The van der Waals surface area contributed by atoms with Crippen molar-refractivity contribution in [3.05, 3.63) is 93.2 Å². The van der Waals surface area contributed by atoms with Crippen LogP contribution >= 0.6 is 0 Å². The number of rotatable bonds is 8. The zero-order chi connectivity index (χ0) is 27.6. The minimum Gasteiger partial charge on any atom is -0.508 e. The minimum atomic E-state index is -0.722. The second-order valence-electron chi connectivity index (χ2n) is 8.46. The Labute approximate surface area is 217 Å². The highest BCUT2D eigenvalue weighted by atomic mass is 19.1. The number of nitrogens with zero attached hydrogens (tertiary/aromatic N) is 4. The molecule has 194 valence electrons. The van der Waals surface area contributed by atoms with Gasteiger partial charge in [0.05, 0.1) is 29.2 Å². The molecule has 0 aliphatic rings. The lowest BCUT2D eigenvalue weighted by atomic mass is 10.0. The molecule has 11 nitrogen and oxygen atoms in total. The third-order valence-corrected chi connectivity index (χ3v) is 5.83. The third kappa shape index (κ3) is 4.91. The van der Waals surface area contributed by atoms with Crippen molar-refractivity contribution in [2.75, 3.05) is 23.4 Å². The molecule has 0 saturated heterocycles. The molecule has 0 fully saturated rings. The number of halogens is 1. The molecule has 0 bridgehead atoms. The van der Waals surface area contributed by atoms with E-state index in [1.54, 1.807) is 19.2 Å². The molecule has 0 spiro atoms. The maximum atomic E-state index is 13.9. The van der Waals surface area contributed by atoms with Crippen LogP contribution in [0.2, 0.25) is 0 Å². The van der Waals surface area contributed by atoms with Crippen LogP contribution < -0.4 is 21.9 Å². The van der Waals surface area contributed by atoms with Crippen LogP contribution in [0.25, 0.3) is 5.69 Å². The second kappa shape index (κ2) is 10.5. The zero-order valence-corrected chi connectivity index (χ0v) is 20.9. The van der Waals surface area contributed by atoms with Crippen molar-refractivity contribution in [3.8, 4) is 11.4 Å². The molecule has 2 heterocycles. The number of anilines is 3. The van der Waals surface area contributed by atoms with Gasteiger partial charge in [0.15, 0.2) is 0 Å². The van der Waals surface area contributed by atoms with Crippen molar-refractivity contribution >= 4 is 28.7 Å². The largest absolute Gasteiger partial charge is 0.508 e. The summed E-state index contributed by atoms with van der Waals surface area (Å²) in [4.78, 5) is 26.4. The number of nitrogens with one attached hydrogen (secondary N) is 4. The van der Waals surface area contributed by atoms with E-state index < -0.39 is 5.82 Å². The number of phenolic OH excluding ortho intramolecular Hbond substituents is 1. The molecule has 0 aliphatic heterocycles. The quantitative estimate of drug-likeness (QED) is 0.194. The Morgan fingerprint density at radius 3 is 2.58 bits per heavy atom. The van der Waals surface area contributed by atoms with Crippen LogP contribution in [0.1, 0.15) is 35.1 Å². The van der Waals surface area contributed by atoms with Gasteiger partial charge in [-0.05, 0) is 37.6 Å². The number of nitrogens with two attached hydrogens (primary N) is 1. The highest BCUT2D eigenvalue weighted by Crippen LogP contribution is 2.25. The Morgan fingerprint density at radius 1 is 1.18 bits per heavy atom. The molecule has 2 aromatic heterocycles. The number of aromatic nitrogens is 4. The first-order chi connectivity index (χ1) is 18.1. The lowest BCUT2D eigenvalue weighted by Crippen LogP contribution is -2.30. The Balaban J connectivity index is 1.83. The van der Waals surface area contributed by atoms with Gasteiger partial charge in [-0.3, -0.25) is 14.8 Å². The Morgan fingerprint density at radius 2 is 1.92 bits per heavy atom. The molecule has 0 aliphatic carbocycles.